The van der Waals surface area contributed by atoms with Gasteiger partial charge < -0.3 is 5.32 Å². The zero-order valence-corrected chi connectivity index (χ0v) is 16.8. The Hall–Kier alpha value is -3.25. The topological polar surface area (TPSA) is 127 Å². The molecule has 0 saturated carbocycles. The van der Waals surface area contributed by atoms with E-state index in [-0.39, 0.29) is 16.0 Å². The van der Waals surface area contributed by atoms with Crippen molar-refractivity contribution >= 4 is 27.7 Å². The highest BCUT2D eigenvalue weighted by molar-refractivity contribution is 7.89. The molecular formula is C19H16F3N3O5S. The smallest absolute Gasteiger partial charge is 0.319 e. The van der Waals surface area contributed by atoms with Gasteiger partial charge in [0, 0.05) is 5.56 Å². The average Bonchev–Trinajstić information content (AvgIpc) is 2.91. The summed E-state index contributed by atoms with van der Waals surface area (Å²) in [6.45, 7) is 0.588. The van der Waals surface area contributed by atoms with Crippen LogP contribution < -0.4 is 10.5 Å². The SMILES string of the molecule is CC1(c2ccc(S(N)(=O)=O)cc2)NC(=O)N(CC(=O)c2cccc(C(F)(F)F)c2)C1=O. The summed E-state index contributed by atoms with van der Waals surface area (Å²) >= 11 is 0. The number of carbonyl (C=O) groups excluding carboxylic acids is 3. The molecule has 8 nitrogen and oxygen atoms in total. The number of rotatable bonds is 5. The minimum atomic E-state index is -4.65. The van der Waals surface area contributed by atoms with E-state index in [1.54, 1.807) is 0 Å². The second kappa shape index (κ2) is 7.46. The Kier molecular flexibility index (Phi) is 5.40. The molecule has 3 rings (SSSR count). The number of nitrogens with zero attached hydrogens (tertiary/aromatic N) is 1. The first-order valence-electron chi connectivity index (χ1n) is 8.71. The van der Waals surface area contributed by atoms with Crippen LogP contribution in [0.2, 0.25) is 0 Å². The van der Waals surface area contributed by atoms with E-state index in [0.717, 1.165) is 30.3 Å². The highest BCUT2D eigenvalue weighted by Crippen LogP contribution is 2.31. The van der Waals surface area contributed by atoms with Crippen LogP contribution in [0.4, 0.5) is 18.0 Å². The zero-order chi connectivity index (χ0) is 23.2. The van der Waals surface area contributed by atoms with Crippen LogP contribution in [-0.2, 0) is 26.5 Å². The van der Waals surface area contributed by atoms with E-state index in [4.69, 9.17) is 5.14 Å². The number of benzene rings is 2. The van der Waals surface area contributed by atoms with Gasteiger partial charge in [0.15, 0.2) is 5.78 Å². The van der Waals surface area contributed by atoms with Crippen molar-refractivity contribution in [1.82, 2.24) is 10.2 Å². The lowest BCUT2D eigenvalue weighted by atomic mass is 9.92. The van der Waals surface area contributed by atoms with Gasteiger partial charge in [-0.2, -0.15) is 13.2 Å². The van der Waals surface area contributed by atoms with Crippen LogP contribution >= 0.6 is 0 Å². The normalized spacial score (nSPS) is 19.5. The lowest BCUT2D eigenvalue weighted by Gasteiger charge is -2.22. The first-order chi connectivity index (χ1) is 14.2. The fraction of sp³-hybridized carbons (Fsp3) is 0.211. The third kappa shape index (κ3) is 4.30. The highest BCUT2D eigenvalue weighted by atomic mass is 32.2. The fourth-order valence-corrected chi connectivity index (χ4v) is 3.63. The molecule has 1 heterocycles. The molecule has 164 valence electrons. The van der Waals surface area contributed by atoms with Crippen molar-refractivity contribution in [3.8, 4) is 0 Å². The van der Waals surface area contributed by atoms with Gasteiger partial charge in [0.05, 0.1) is 17.0 Å². The number of alkyl halides is 3. The molecule has 12 heteroatoms. The van der Waals surface area contributed by atoms with E-state index in [9.17, 15) is 36.0 Å². The minimum Gasteiger partial charge on any atom is -0.319 e. The number of nitrogens with one attached hydrogen (secondary N) is 1. The molecule has 1 unspecified atom stereocenters. The van der Waals surface area contributed by atoms with Gasteiger partial charge in [0.25, 0.3) is 5.91 Å². The summed E-state index contributed by atoms with van der Waals surface area (Å²) in [6, 6.07) is 7.63. The Morgan fingerprint density at radius 1 is 1.13 bits per heavy atom. The number of ketones is 1. The Balaban J connectivity index is 1.84. The first-order valence-corrected chi connectivity index (χ1v) is 10.3. The summed E-state index contributed by atoms with van der Waals surface area (Å²) in [4.78, 5) is 38.1. The Morgan fingerprint density at radius 3 is 2.29 bits per heavy atom. The third-order valence-corrected chi connectivity index (χ3v) is 5.78. The van der Waals surface area contributed by atoms with Crippen LogP contribution in [0.3, 0.4) is 0 Å². The molecule has 1 aliphatic rings. The molecule has 0 aliphatic carbocycles. The minimum absolute atomic E-state index is 0.201. The summed E-state index contributed by atoms with van der Waals surface area (Å²) in [7, 11) is -3.97. The van der Waals surface area contributed by atoms with E-state index >= 15 is 0 Å². The number of imide groups is 1. The molecule has 0 bridgehead atoms. The number of Topliss-reactive ketones (excluding diaryl/α,β-unsaturated/α-hetero) is 1. The van der Waals surface area contributed by atoms with Crippen LogP contribution in [0.25, 0.3) is 0 Å². The van der Waals surface area contributed by atoms with Gasteiger partial charge in [0.2, 0.25) is 10.0 Å². The van der Waals surface area contributed by atoms with Crippen molar-refractivity contribution in [1.29, 1.82) is 0 Å². The van der Waals surface area contributed by atoms with Crippen LogP contribution in [0.15, 0.2) is 53.4 Å². The van der Waals surface area contributed by atoms with Gasteiger partial charge in [-0.1, -0.05) is 24.3 Å². The maximum atomic E-state index is 12.9. The molecule has 0 spiro atoms. The average molecular weight is 455 g/mol. The van der Waals surface area contributed by atoms with Crippen LogP contribution in [-0.4, -0.2) is 37.6 Å². The fourth-order valence-electron chi connectivity index (χ4n) is 3.12. The number of hydrogen-bond donors (Lipinski definition) is 2. The van der Waals surface area contributed by atoms with Crippen molar-refractivity contribution in [2.75, 3.05) is 6.54 Å². The molecule has 2 aromatic rings. The van der Waals surface area contributed by atoms with E-state index in [0.29, 0.717) is 11.0 Å². The summed E-state index contributed by atoms with van der Waals surface area (Å²) < 4.78 is 61.4. The number of carbonyl (C=O) groups is 3. The molecule has 1 atom stereocenters. The Labute approximate surface area is 174 Å². The number of sulfonamides is 1. The molecule has 0 radical (unpaired) electrons. The van der Waals surface area contributed by atoms with E-state index in [2.05, 4.69) is 5.32 Å². The Morgan fingerprint density at radius 2 is 1.74 bits per heavy atom. The quantitative estimate of drug-likeness (QED) is 0.527. The van der Waals surface area contributed by atoms with Crippen molar-refractivity contribution in [2.45, 2.75) is 23.5 Å². The summed E-state index contributed by atoms with van der Waals surface area (Å²) in [5.41, 5.74) is -2.72. The summed E-state index contributed by atoms with van der Waals surface area (Å²) in [6.07, 6.45) is -4.65. The second-order valence-corrected chi connectivity index (χ2v) is 8.58. The highest BCUT2D eigenvalue weighted by Gasteiger charge is 2.49. The van der Waals surface area contributed by atoms with Gasteiger partial charge in [0.1, 0.15) is 5.54 Å². The maximum absolute atomic E-state index is 12.9. The van der Waals surface area contributed by atoms with Gasteiger partial charge >= 0.3 is 12.2 Å². The van der Waals surface area contributed by atoms with Gasteiger partial charge in [-0.3, -0.25) is 14.5 Å². The van der Waals surface area contributed by atoms with E-state index < -0.39 is 51.6 Å². The zero-order valence-electron chi connectivity index (χ0n) is 15.9. The summed E-state index contributed by atoms with van der Waals surface area (Å²) in [5, 5.41) is 7.45. The predicted octanol–water partition coefficient (Wildman–Crippen LogP) is 2.00. The van der Waals surface area contributed by atoms with Crippen molar-refractivity contribution in [2.24, 2.45) is 5.14 Å². The number of halogens is 3. The molecule has 3 N–H and O–H groups in total. The Bertz CT molecular complexity index is 1180. The van der Waals surface area contributed by atoms with E-state index in [1.807, 2.05) is 0 Å². The molecule has 0 aromatic heterocycles. The maximum Gasteiger partial charge on any atom is 0.416 e. The largest absolute Gasteiger partial charge is 0.416 e. The van der Waals surface area contributed by atoms with Crippen LogP contribution in [0.5, 0.6) is 0 Å². The monoisotopic (exact) mass is 455 g/mol. The van der Waals surface area contributed by atoms with Crippen molar-refractivity contribution in [3.05, 3.63) is 65.2 Å². The van der Waals surface area contributed by atoms with Crippen LogP contribution in [0, 0.1) is 0 Å². The predicted molar refractivity (Wildman–Crippen MR) is 101 cm³/mol. The van der Waals surface area contributed by atoms with Crippen molar-refractivity contribution in [3.63, 3.8) is 0 Å². The summed E-state index contributed by atoms with van der Waals surface area (Å²) in [5.74, 6) is -1.68. The van der Waals surface area contributed by atoms with Gasteiger partial charge in [-0.25, -0.2) is 18.4 Å². The second-order valence-electron chi connectivity index (χ2n) is 7.02. The molecule has 31 heavy (non-hydrogen) atoms. The number of primary sulfonamides is 1. The van der Waals surface area contributed by atoms with Gasteiger partial charge in [-0.15, -0.1) is 0 Å². The number of amides is 3. The van der Waals surface area contributed by atoms with Crippen LogP contribution in [0.1, 0.15) is 28.4 Å². The molecule has 1 saturated heterocycles. The van der Waals surface area contributed by atoms with Gasteiger partial charge in [-0.05, 0) is 36.8 Å². The van der Waals surface area contributed by atoms with E-state index in [1.165, 1.54) is 19.1 Å². The number of urea groups is 1. The first kappa shape index (κ1) is 22.4. The molecule has 1 fully saturated rings. The van der Waals surface area contributed by atoms with Crippen molar-refractivity contribution < 1.29 is 36.0 Å². The number of hydrogen-bond acceptors (Lipinski definition) is 5. The molecule has 2 aromatic carbocycles. The third-order valence-electron chi connectivity index (χ3n) is 4.85. The molecular weight excluding hydrogens is 439 g/mol. The molecule has 1 aliphatic heterocycles. The molecule has 3 amide bonds. The number of nitrogens with two attached hydrogens (primary N) is 1. The lowest BCUT2D eigenvalue weighted by Crippen LogP contribution is -2.41. The lowest BCUT2D eigenvalue weighted by molar-refractivity contribution is -0.137. The standard InChI is InChI=1S/C19H16F3N3O5S/c1-18(12-5-7-14(8-6-12)31(23,29)30)16(27)25(17(28)24-18)10-15(26)11-3-2-4-13(9-11)19(20,21)22/h2-9H,10H2,1H3,(H,24,28)(H2,23,29,30).